The summed E-state index contributed by atoms with van der Waals surface area (Å²) in [6.07, 6.45) is 5.08. The molecule has 0 saturated heterocycles. The summed E-state index contributed by atoms with van der Waals surface area (Å²) in [6, 6.07) is 11.8. The van der Waals surface area contributed by atoms with Crippen molar-refractivity contribution in [1.82, 2.24) is 0 Å². The normalized spacial score (nSPS) is 12.7. The molecule has 0 unspecified atom stereocenters. The van der Waals surface area contributed by atoms with Gasteiger partial charge in [-0.15, -0.1) is 0 Å². The summed E-state index contributed by atoms with van der Waals surface area (Å²) in [7, 11) is 0. The van der Waals surface area contributed by atoms with Gasteiger partial charge in [-0.05, 0) is 67.8 Å². The lowest BCUT2D eigenvalue weighted by Gasteiger charge is -2.08. The molecule has 0 radical (unpaired) electrons. The molecule has 0 atom stereocenters. The van der Waals surface area contributed by atoms with Crippen molar-refractivity contribution in [2.75, 3.05) is 5.32 Å². The van der Waals surface area contributed by atoms with Crippen molar-refractivity contribution < 1.29 is 9.53 Å². The molecule has 0 aliphatic carbocycles. The lowest BCUT2D eigenvalue weighted by atomic mass is 10.1. The van der Waals surface area contributed by atoms with Crippen LogP contribution < -0.4 is 10.1 Å². The van der Waals surface area contributed by atoms with Gasteiger partial charge in [-0.3, -0.25) is 4.79 Å². The molecule has 0 aromatic heterocycles. The van der Waals surface area contributed by atoms with Crippen LogP contribution in [0.4, 0.5) is 5.69 Å². The number of benzene rings is 2. The molecule has 1 aliphatic rings. The van der Waals surface area contributed by atoms with Gasteiger partial charge in [-0.2, -0.15) is 0 Å². The number of carbonyl (C=O) groups is 1. The maximum Gasteiger partial charge on any atom is 0.255 e. The fraction of sp³-hybridized carbons (Fsp3) is 0.150. The molecule has 116 valence electrons. The van der Waals surface area contributed by atoms with E-state index in [0.29, 0.717) is 5.57 Å². The number of carbonyl (C=O) groups excluding carboxylic acids is 1. The lowest BCUT2D eigenvalue weighted by molar-refractivity contribution is -0.112. The van der Waals surface area contributed by atoms with E-state index in [0.717, 1.165) is 28.1 Å². The average molecular weight is 305 g/mol. The highest BCUT2D eigenvalue weighted by Gasteiger charge is 2.12. The molecular weight excluding hydrogens is 286 g/mol. The summed E-state index contributed by atoms with van der Waals surface area (Å²) in [5, 5.41) is 2.94. The third-order valence-corrected chi connectivity index (χ3v) is 3.95. The van der Waals surface area contributed by atoms with Crippen LogP contribution in [0.1, 0.15) is 22.3 Å². The second-order valence-corrected chi connectivity index (χ2v) is 5.81. The number of rotatable bonds is 2. The van der Waals surface area contributed by atoms with Gasteiger partial charge in [0.15, 0.2) is 0 Å². The van der Waals surface area contributed by atoms with E-state index < -0.39 is 0 Å². The molecule has 0 fully saturated rings. The van der Waals surface area contributed by atoms with Crippen LogP contribution in [-0.2, 0) is 4.79 Å². The molecule has 1 amide bonds. The minimum Gasteiger partial charge on any atom is -0.464 e. The second kappa shape index (κ2) is 6.13. The highest BCUT2D eigenvalue weighted by molar-refractivity contribution is 6.09. The molecule has 2 aromatic carbocycles. The van der Waals surface area contributed by atoms with Crippen molar-refractivity contribution in [3.05, 3.63) is 76.6 Å². The van der Waals surface area contributed by atoms with Gasteiger partial charge in [-0.25, -0.2) is 0 Å². The SMILES string of the molecule is Cc1ccc2c(c1)OC=CC(C(=O)Nc1ccc(C)c(C)c1)=C2. The van der Waals surface area contributed by atoms with Crippen LogP contribution in [0.15, 0.2) is 54.3 Å². The molecule has 0 bridgehead atoms. The van der Waals surface area contributed by atoms with Crippen LogP contribution in [0.5, 0.6) is 5.75 Å². The molecule has 0 saturated carbocycles. The number of hydrogen-bond acceptors (Lipinski definition) is 2. The van der Waals surface area contributed by atoms with E-state index in [2.05, 4.69) is 5.32 Å². The van der Waals surface area contributed by atoms with E-state index in [1.54, 1.807) is 12.3 Å². The van der Waals surface area contributed by atoms with E-state index in [9.17, 15) is 4.79 Å². The van der Waals surface area contributed by atoms with Gasteiger partial charge in [0.2, 0.25) is 0 Å². The maximum absolute atomic E-state index is 12.5. The standard InChI is InChI=1S/C20H19NO2/c1-13-4-6-16-12-17(8-9-23-19(16)10-13)20(22)21-18-7-5-14(2)15(3)11-18/h4-12H,1-3H3,(H,21,22). The predicted molar refractivity (Wildman–Crippen MR) is 93.5 cm³/mol. The highest BCUT2D eigenvalue weighted by Crippen LogP contribution is 2.26. The Bertz CT molecular complexity index is 832. The fourth-order valence-corrected chi connectivity index (χ4v) is 2.42. The van der Waals surface area contributed by atoms with Gasteiger partial charge >= 0.3 is 0 Å². The molecule has 1 N–H and O–H groups in total. The molecule has 2 aromatic rings. The molecule has 23 heavy (non-hydrogen) atoms. The Morgan fingerprint density at radius 1 is 1.00 bits per heavy atom. The number of nitrogens with one attached hydrogen (secondary N) is 1. The number of fused-ring (bicyclic) bond motifs is 1. The van der Waals surface area contributed by atoms with E-state index in [1.807, 2.05) is 63.2 Å². The van der Waals surface area contributed by atoms with Crippen LogP contribution in [0.3, 0.4) is 0 Å². The third-order valence-electron chi connectivity index (χ3n) is 3.95. The molecule has 1 heterocycles. The van der Waals surface area contributed by atoms with Crippen LogP contribution in [0, 0.1) is 20.8 Å². The third kappa shape index (κ3) is 3.34. The zero-order valence-corrected chi connectivity index (χ0v) is 13.5. The van der Waals surface area contributed by atoms with Gasteiger partial charge < -0.3 is 10.1 Å². The van der Waals surface area contributed by atoms with Crippen LogP contribution in [0.2, 0.25) is 0 Å². The Morgan fingerprint density at radius 2 is 1.83 bits per heavy atom. The zero-order chi connectivity index (χ0) is 16.4. The van der Waals surface area contributed by atoms with Gasteiger partial charge in [-0.1, -0.05) is 18.2 Å². The first-order valence-corrected chi connectivity index (χ1v) is 7.57. The van der Waals surface area contributed by atoms with Gasteiger partial charge in [0.25, 0.3) is 5.91 Å². The Morgan fingerprint density at radius 3 is 2.61 bits per heavy atom. The summed E-state index contributed by atoms with van der Waals surface area (Å²) in [5.41, 5.74) is 5.72. The first-order valence-electron chi connectivity index (χ1n) is 7.57. The minimum absolute atomic E-state index is 0.151. The van der Waals surface area contributed by atoms with Crippen LogP contribution in [0.25, 0.3) is 6.08 Å². The van der Waals surface area contributed by atoms with E-state index in [4.69, 9.17) is 4.74 Å². The smallest absolute Gasteiger partial charge is 0.255 e. The average Bonchev–Trinajstić information content (AvgIpc) is 2.73. The summed E-state index contributed by atoms with van der Waals surface area (Å²) in [6.45, 7) is 6.09. The molecule has 3 heteroatoms. The summed E-state index contributed by atoms with van der Waals surface area (Å²) in [4.78, 5) is 12.5. The minimum atomic E-state index is -0.151. The zero-order valence-electron chi connectivity index (χ0n) is 13.5. The van der Waals surface area contributed by atoms with E-state index >= 15 is 0 Å². The van der Waals surface area contributed by atoms with Crippen molar-refractivity contribution in [3.63, 3.8) is 0 Å². The van der Waals surface area contributed by atoms with Gasteiger partial charge in [0.05, 0.1) is 6.26 Å². The van der Waals surface area contributed by atoms with Crippen molar-refractivity contribution in [2.24, 2.45) is 0 Å². The number of amides is 1. The summed E-state index contributed by atoms with van der Waals surface area (Å²) < 4.78 is 5.58. The van der Waals surface area contributed by atoms with Crippen molar-refractivity contribution in [3.8, 4) is 5.75 Å². The van der Waals surface area contributed by atoms with Crippen molar-refractivity contribution in [2.45, 2.75) is 20.8 Å². The lowest BCUT2D eigenvalue weighted by Crippen LogP contribution is -2.13. The Hall–Kier alpha value is -2.81. The van der Waals surface area contributed by atoms with Crippen molar-refractivity contribution >= 4 is 17.7 Å². The van der Waals surface area contributed by atoms with Gasteiger partial charge in [0.1, 0.15) is 5.75 Å². The number of ether oxygens (including phenoxy) is 1. The van der Waals surface area contributed by atoms with Gasteiger partial charge in [0, 0.05) is 16.8 Å². The Kier molecular flexibility index (Phi) is 4.02. The van der Waals surface area contributed by atoms with Crippen LogP contribution in [-0.4, -0.2) is 5.91 Å². The van der Waals surface area contributed by atoms with E-state index in [-0.39, 0.29) is 5.91 Å². The second-order valence-electron chi connectivity index (χ2n) is 5.81. The van der Waals surface area contributed by atoms with Crippen molar-refractivity contribution in [1.29, 1.82) is 0 Å². The largest absolute Gasteiger partial charge is 0.464 e. The number of hydrogen-bond donors (Lipinski definition) is 1. The molecular formula is C20H19NO2. The first-order chi connectivity index (χ1) is 11.0. The molecule has 0 spiro atoms. The Balaban J connectivity index is 1.86. The topological polar surface area (TPSA) is 38.3 Å². The fourth-order valence-electron chi connectivity index (χ4n) is 2.42. The maximum atomic E-state index is 12.5. The van der Waals surface area contributed by atoms with Crippen LogP contribution >= 0.6 is 0 Å². The predicted octanol–water partition coefficient (Wildman–Crippen LogP) is 4.54. The molecule has 3 nitrogen and oxygen atoms in total. The quantitative estimate of drug-likeness (QED) is 0.884. The Labute approximate surface area is 136 Å². The number of anilines is 1. The monoisotopic (exact) mass is 305 g/mol. The summed E-state index contributed by atoms with van der Waals surface area (Å²) >= 11 is 0. The molecule has 1 aliphatic heterocycles. The molecule has 3 rings (SSSR count). The number of aryl methyl sites for hydroxylation is 3. The van der Waals surface area contributed by atoms with E-state index in [1.165, 1.54) is 5.56 Å². The highest BCUT2D eigenvalue weighted by atomic mass is 16.5. The first kappa shape index (κ1) is 15.1. The summed E-state index contributed by atoms with van der Waals surface area (Å²) in [5.74, 6) is 0.608.